The quantitative estimate of drug-likeness (QED) is 0.534. The minimum absolute atomic E-state index is 0.320. The molecule has 1 unspecified atom stereocenters. The molecule has 2 fully saturated rings. The molecule has 3 aliphatic heterocycles. The zero-order valence-corrected chi connectivity index (χ0v) is 18.4. The summed E-state index contributed by atoms with van der Waals surface area (Å²) in [6, 6.07) is 8.43. The number of fused-ring (bicyclic) bond motifs is 1. The molecule has 1 aromatic rings. The third kappa shape index (κ3) is 5.21. The number of allylic oxidation sites excluding steroid dienone is 2. The van der Waals surface area contributed by atoms with Crippen molar-refractivity contribution in [3.8, 4) is 17.9 Å². The average Bonchev–Trinajstić information content (AvgIpc) is 3.09. The zero-order chi connectivity index (χ0) is 22.2. The maximum absolute atomic E-state index is 12.9. The normalized spacial score (nSPS) is 22.5. The van der Waals surface area contributed by atoms with Gasteiger partial charge in [-0.05, 0) is 30.9 Å². The lowest BCUT2D eigenvalue weighted by Crippen LogP contribution is -2.52. The Morgan fingerprint density at radius 2 is 2.10 bits per heavy atom. The third-order valence-corrected chi connectivity index (χ3v) is 5.85. The SMILES string of the molecule is C=C(Cc1cccc(CF)n1)C1CC[C@H]2CN(C3=C(C#N)N=CCC#C3)CCN12.CC. The largest absolute Gasteiger partial charge is 0.360 e. The molecule has 1 aromatic heterocycles. The number of piperazine rings is 1. The maximum atomic E-state index is 12.9. The van der Waals surface area contributed by atoms with E-state index in [0.29, 0.717) is 36.3 Å². The Kier molecular flexibility index (Phi) is 7.98. The molecule has 2 saturated heterocycles. The Morgan fingerprint density at radius 1 is 1.29 bits per heavy atom. The van der Waals surface area contributed by atoms with E-state index in [-0.39, 0.29) is 0 Å². The molecule has 31 heavy (non-hydrogen) atoms. The number of halogens is 1. The number of hydrogen-bond acceptors (Lipinski definition) is 5. The van der Waals surface area contributed by atoms with Crippen LogP contribution < -0.4 is 0 Å². The van der Waals surface area contributed by atoms with Gasteiger partial charge in [0.25, 0.3) is 0 Å². The van der Waals surface area contributed by atoms with Crippen LogP contribution in [0.3, 0.4) is 0 Å². The van der Waals surface area contributed by atoms with Gasteiger partial charge in [0.1, 0.15) is 18.4 Å². The molecule has 0 spiro atoms. The van der Waals surface area contributed by atoms with Gasteiger partial charge in [-0.1, -0.05) is 38.0 Å². The molecule has 4 rings (SSSR count). The fraction of sp³-hybridized carbons (Fsp3) is 0.480. The molecular formula is C25H30FN5. The van der Waals surface area contributed by atoms with E-state index < -0.39 is 6.67 Å². The van der Waals surface area contributed by atoms with Crippen molar-refractivity contribution in [2.24, 2.45) is 4.99 Å². The number of aromatic nitrogens is 1. The summed E-state index contributed by atoms with van der Waals surface area (Å²) in [7, 11) is 0. The van der Waals surface area contributed by atoms with Crippen LogP contribution in [0, 0.1) is 23.2 Å². The molecule has 0 N–H and O–H groups in total. The summed E-state index contributed by atoms with van der Waals surface area (Å²) in [6.07, 6.45) is 5.11. The van der Waals surface area contributed by atoms with Crippen molar-refractivity contribution in [3.63, 3.8) is 0 Å². The van der Waals surface area contributed by atoms with Crippen LogP contribution in [0.1, 0.15) is 44.5 Å². The smallest absolute Gasteiger partial charge is 0.172 e. The lowest BCUT2D eigenvalue weighted by atomic mass is 10.0. The van der Waals surface area contributed by atoms with Crippen LogP contribution in [0.15, 0.2) is 46.7 Å². The lowest BCUT2D eigenvalue weighted by Gasteiger charge is -2.41. The molecule has 0 radical (unpaired) electrons. The summed E-state index contributed by atoms with van der Waals surface area (Å²) in [4.78, 5) is 13.4. The molecule has 162 valence electrons. The fourth-order valence-corrected chi connectivity index (χ4v) is 4.50. The van der Waals surface area contributed by atoms with Gasteiger partial charge in [0, 0.05) is 56.5 Å². The van der Waals surface area contributed by atoms with E-state index in [0.717, 1.165) is 49.4 Å². The first-order chi connectivity index (χ1) is 15.2. The Bertz CT molecular complexity index is 962. The highest BCUT2D eigenvalue weighted by Crippen LogP contribution is 2.33. The minimum Gasteiger partial charge on any atom is -0.360 e. The molecule has 0 aliphatic carbocycles. The van der Waals surface area contributed by atoms with E-state index in [2.05, 4.69) is 44.3 Å². The van der Waals surface area contributed by atoms with Crippen LogP contribution >= 0.6 is 0 Å². The Morgan fingerprint density at radius 3 is 2.87 bits per heavy atom. The standard InChI is InChI=1S/C23H24FN5.C2H6/c1-17(13-18-5-4-6-19(14-24)27-18)22-9-8-20-16-28(11-12-29(20)22)23-7-2-3-10-26-21(23)15-25;1-2/h4-6,10,20,22H,1,3,8-9,11-14,16H2;1-2H3/t20-,22?;/m0./s1. The van der Waals surface area contributed by atoms with Gasteiger partial charge >= 0.3 is 0 Å². The summed E-state index contributed by atoms with van der Waals surface area (Å²) in [5.41, 5.74) is 3.67. The molecule has 0 bridgehead atoms. The Balaban J connectivity index is 0.00000132. The van der Waals surface area contributed by atoms with Crippen LogP contribution in [0.5, 0.6) is 0 Å². The topological polar surface area (TPSA) is 55.5 Å². The van der Waals surface area contributed by atoms with Crippen LogP contribution in [0.2, 0.25) is 0 Å². The van der Waals surface area contributed by atoms with Crippen molar-refractivity contribution < 1.29 is 4.39 Å². The van der Waals surface area contributed by atoms with Crippen LogP contribution in [0.25, 0.3) is 0 Å². The molecule has 5 nitrogen and oxygen atoms in total. The van der Waals surface area contributed by atoms with Crippen molar-refractivity contribution in [2.45, 2.75) is 58.3 Å². The van der Waals surface area contributed by atoms with Gasteiger partial charge in [-0.15, -0.1) is 0 Å². The molecule has 3 aliphatic rings. The Hall–Kier alpha value is -2.96. The van der Waals surface area contributed by atoms with E-state index in [1.807, 2.05) is 26.0 Å². The summed E-state index contributed by atoms with van der Waals surface area (Å²) in [5, 5.41) is 9.43. The van der Waals surface area contributed by atoms with E-state index in [9.17, 15) is 9.65 Å². The highest BCUT2D eigenvalue weighted by Gasteiger charge is 2.39. The van der Waals surface area contributed by atoms with Crippen LogP contribution in [-0.2, 0) is 13.1 Å². The first-order valence-electron chi connectivity index (χ1n) is 11.0. The first kappa shape index (κ1) is 22.7. The number of rotatable bonds is 5. The second-order valence-electron chi connectivity index (χ2n) is 7.65. The summed E-state index contributed by atoms with van der Waals surface area (Å²) >= 11 is 0. The van der Waals surface area contributed by atoms with E-state index in [4.69, 9.17) is 0 Å². The van der Waals surface area contributed by atoms with Gasteiger partial charge < -0.3 is 4.90 Å². The Labute approximate surface area is 185 Å². The zero-order valence-electron chi connectivity index (χ0n) is 18.4. The molecule has 6 heteroatoms. The molecule has 0 saturated carbocycles. The fourth-order valence-electron chi connectivity index (χ4n) is 4.50. The predicted octanol–water partition coefficient (Wildman–Crippen LogP) is 4.04. The number of nitriles is 1. The van der Waals surface area contributed by atoms with Crippen molar-refractivity contribution in [1.82, 2.24) is 14.8 Å². The highest BCUT2D eigenvalue weighted by atomic mass is 19.1. The van der Waals surface area contributed by atoms with E-state index in [1.54, 1.807) is 12.3 Å². The number of pyridine rings is 1. The van der Waals surface area contributed by atoms with Gasteiger partial charge in [0.2, 0.25) is 0 Å². The minimum atomic E-state index is -0.540. The summed E-state index contributed by atoms with van der Waals surface area (Å²) < 4.78 is 12.9. The lowest BCUT2D eigenvalue weighted by molar-refractivity contribution is 0.110. The maximum Gasteiger partial charge on any atom is 0.172 e. The van der Waals surface area contributed by atoms with Gasteiger partial charge in [-0.25, -0.2) is 9.38 Å². The molecule has 0 aromatic carbocycles. The monoisotopic (exact) mass is 419 g/mol. The van der Waals surface area contributed by atoms with Crippen molar-refractivity contribution in [3.05, 3.63) is 53.1 Å². The highest BCUT2D eigenvalue weighted by molar-refractivity contribution is 5.66. The number of hydrogen-bond donors (Lipinski definition) is 0. The number of alkyl halides is 1. The predicted molar refractivity (Wildman–Crippen MR) is 122 cm³/mol. The van der Waals surface area contributed by atoms with Gasteiger partial charge in [-0.3, -0.25) is 9.88 Å². The van der Waals surface area contributed by atoms with Crippen LogP contribution in [-0.4, -0.2) is 52.7 Å². The van der Waals surface area contributed by atoms with Gasteiger partial charge in [0.15, 0.2) is 5.70 Å². The number of aliphatic imine (C=N–C) groups is 1. The average molecular weight is 420 g/mol. The van der Waals surface area contributed by atoms with Gasteiger partial charge in [0.05, 0.1) is 5.69 Å². The van der Waals surface area contributed by atoms with Gasteiger partial charge in [-0.2, -0.15) is 5.26 Å². The van der Waals surface area contributed by atoms with Crippen molar-refractivity contribution in [2.75, 3.05) is 19.6 Å². The first-order valence-corrected chi connectivity index (χ1v) is 11.0. The summed E-state index contributed by atoms with van der Waals surface area (Å²) in [5.74, 6) is 6.21. The molecule has 4 heterocycles. The molecule has 2 atom stereocenters. The van der Waals surface area contributed by atoms with E-state index >= 15 is 0 Å². The number of nitrogens with zero attached hydrogens (tertiary/aromatic N) is 5. The third-order valence-electron chi connectivity index (χ3n) is 5.85. The van der Waals surface area contributed by atoms with Crippen LogP contribution in [0.4, 0.5) is 4.39 Å². The molecular weight excluding hydrogens is 389 g/mol. The second-order valence-corrected chi connectivity index (χ2v) is 7.65. The summed E-state index contributed by atoms with van der Waals surface area (Å²) in [6.45, 7) is 10.4. The molecule has 0 amide bonds. The second kappa shape index (κ2) is 10.9. The van der Waals surface area contributed by atoms with Crippen molar-refractivity contribution >= 4 is 6.21 Å². The van der Waals surface area contributed by atoms with E-state index in [1.165, 1.54) is 0 Å². The van der Waals surface area contributed by atoms with Crippen molar-refractivity contribution in [1.29, 1.82) is 5.26 Å².